The van der Waals surface area contributed by atoms with E-state index in [0.717, 1.165) is 24.3 Å². The molecule has 0 bridgehead atoms. The van der Waals surface area contributed by atoms with E-state index in [4.69, 9.17) is 11.6 Å². The van der Waals surface area contributed by atoms with Gasteiger partial charge in [-0.2, -0.15) is 0 Å². The third kappa shape index (κ3) is 4.00. The fourth-order valence-electron chi connectivity index (χ4n) is 2.80. The molecule has 1 aliphatic rings. The van der Waals surface area contributed by atoms with Gasteiger partial charge in [-0.05, 0) is 49.8 Å². The SMILES string of the molecule is CC#CC(=O)N1CCC(CO)(Cc2ccc(Cl)cc2)CC1. The van der Waals surface area contributed by atoms with Crippen LogP contribution in [0.25, 0.3) is 0 Å². The third-order valence-electron chi connectivity index (χ3n) is 4.17. The van der Waals surface area contributed by atoms with E-state index in [-0.39, 0.29) is 17.9 Å². The Hall–Kier alpha value is -1.50. The van der Waals surface area contributed by atoms with Crippen molar-refractivity contribution < 1.29 is 9.90 Å². The van der Waals surface area contributed by atoms with Crippen LogP contribution < -0.4 is 0 Å². The number of halogens is 1. The van der Waals surface area contributed by atoms with Gasteiger partial charge < -0.3 is 10.0 Å². The maximum Gasteiger partial charge on any atom is 0.298 e. The maximum atomic E-state index is 11.8. The quantitative estimate of drug-likeness (QED) is 0.872. The van der Waals surface area contributed by atoms with Crippen LogP contribution in [0.15, 0.2) is 24.3 Å². The van der Waals surface area contributed by atoms with E-state index in [1.165, 1.54) is 5.56 Å². The maximum absolute atomic E-state index is 11.8. The molecule has 0 spiro atoms. The van der Waals surface area contributed by atoms with Gasteiger partial charge in [0.25, 0.3) is 5.91 Å². The second kappa shape index (κ2) is 6.98. The molecule has 1 aromatic rings. The summed E-state index contributed by atoms with van der Waals surface area (Å²) < 4.78 is 0. The number of carbonyl (C=O) groups is 1. The van der Waals surface area contributed by atoms with Gasteiger partial charge in [-0.1, -0.05) is 29.7 Å². The van der Waals surface area contributed by atoms with E-state index < -0.39 is 0 Å². The number of carbonyl (C=O) groups excluding carboxylic acids is 1. The van der Waals surface area contributed by atoms with Crippen LogP contribution in [0.1, 0.15) is 25.3 Å². The van der Waals surface area contributed by atoms with Crippen molar-refractivity contribution in [1.29, 1.82) is 0 Å². The van der Waals surface area contributed by atoms with E-state index in [1.807, 2.05) is 24.3 Å². The molecule has 0 aromatic heterocycles. The van der Waals surface area contributed by atoms with Crippen LogP contribution in [0, 0.1) is 17.3 Å². The van der Waals surface area contributed by atoms with Crippen molar-refractivity contribution in [3.8, 4) is 11.8 Å². The summed E-state index contributed by atoms with van der Waals surface area (Å²) in [6.07, 6.45) is 2.40. The first-order chi connectivity index (χ1) is 10.1. The zero-order chi connectivity index (χ0) is 15.3. The lowest BCUT2D eigenvalue weighted by molar-refractivity contribution is -0.127. The van der Waals surface area contributed by atoms with Crippen molar-refractivity contribution in [2.75, 3.05) is 19.7 Å². The number of aliphatic hydroxyl groups is 1. The van der Waals surface area contributed by atoms with Gasteiger partial charge in [-0.25, -0.2) is 0 Å². The van der Waals surface area contributed by atoms with Crippen molar-refractivity contribution in [3.63, 3.8) is 0 Å². The summed E-state index contributed by atoms with van der Waals surface area (Å²) in [5, 5.41) is 10.5. The first kappa shape index (κ1) is 15.9. The van der Waals surface area contributed by atoms with E-state index in [0.29, 0.717) is 13.1 Å². The molecule has 112 valence electrons. The van der Waals surface area contributed by atoms with Crippen LogP contribution >= 0.6 is 11.6 Å². The predicted molar refractivity (Wildman–Crippen MR) is 83.9 cm³/mol. The molecule has 1 aliphatic heterocycles. The number of aliphatic hydroxyl groups excluding tert-OH is 1. The van der Waals surface area contributed by atoms with E-state index in [1.54, 1.807) is 11.8 Å². The molecule has 0 saturated carbocycles. The van der Waals surface area contributed by atoms with Crippen LogP contribution in [-0.4, -0.2) is 35.6 Å². The molecule has 1 N–H and O–H groups in total. The Morgan fingerprint density at radius 3 is 2.48 bits per heavy atom. The lowest BCUT2D eigenvalue weighted by atomic mass is 9.74. The highest BCUT2D eigenvalue weighted by atomic mass is 35.5. The average Bonchev–Trinajstić information content (AvgIpc) is 2.50. The zero-order valence-electron chi connectivity index (χ0n) is 12.2. The van der Waals surface area contributed by atoms with E-state index in [9.17, 15) is 9.90 Å². The first-order valence-corrected chi connectivity index (χ1v) is 7.53. The monoisotopic (exact) mass is 305 g/mol. The van der Waals surface area contributed by atoms with E-state index in [2.05, 4.69) is 11.8 Å². The third-order valence-corrected chi connectivity index (χ3v) is 4.42. The minimum Gasteiger partial charge on any atom is -0.396 e. The van der Waals surface area contributed by atoms with Crippen molar-refractivity contribution in [2.24, 2.45) is 5.41 Å². The number of likely N-dealkylation sites (tertiary alicyclic amines) is 1. The van der Waals surface area contributed by atoms with Gasteiger partial charge >= 0.3 is 0 Å². The summed E-state index contributed by atoms with van der Waals surface area (Å²) in [5.41, 5.74) is 1.02. The zero-order valence-corrected chi connectivity index (χ0v) is 13.0. The molecule has 1 fully saturated rings. The lowest BCUT2D eigenvalue weighted by Gasteiger charge is -2.40. The molecule has 1 saturated heterocycles. The molecule has 0 atom stereocenters. The second-order valence-electron chi connectivity index (χ2n) is 5.63. The minimum absolute atomic E-state index is 0.115. The number of piperidine rings is 1. The molecular weight excluding hydrogens is 286 g/mol. The number of amides is 1. The summed E-state index contributed by atoms with van der Waals surface area (Å²) in [4.78, 5) is 13.5. The molecule has 4 heteroatoms. The van der Waals surface area contributed by atoms with Gasteiger partial charge in [0.2, 0.25) is 0 Å². The summed E-state index contributed by atoms with van der Waals surface area (Å²) in [7, 11) is 0. The fourth-order valence-corrected chi connectivity index (χ4v) is 2.92. The van der Waals surface area contributed by atoms with Crippen molar-refractivity contribution in [3.05, 3.63) is 34.9 Å². The summed E-state index contributed by atoms with van der Waals surface area (Å²) >= 11 is 5.90. The molecule has 21 heavy (non-hydrogen) atoms. The standard InChI is InChI=1S/C17H20ClNO2/c1-2-3-16(21)19-10-8-17(13-20,9-11-19)12-14-4-6-15(18)7-5-14/h4-7,20H,8-13H2,1H3. The Morgan fingerprint density at radius 1 is 1.33 bits per heavy atom. The summed E-state index contributed by atoms with van der Waals surface area (Å²) in [6, 6.07) is 7.74. The Balaban J connectivity index is 2.02. The molecule has 1 heterocycles. The molecule has 2 rings (SSSR count). The van der Waals surface area contributed by atoms with Crippen LogP contribution in [0.3, 0.4) is 0 Å². The van der Waals surface area contributed by atoms with Gasteiger partial charge in [-0.15, -0.1) is 0 Å². The largest absolute Gasteiger partial charge is 0.396 e. The highest BCUT2D eigenvalue weighted by Crippen LogP contribution is 2.35. The summed E-state index contributed by atoms with van der Waals surface area (Å²) in [5.74, 6) is 5.10. The van der Waals surface area contributed by atoms with Crippen molar-refractivity contribution in [1.82, 2.24) is 4.90 Å². The number of rotatable bonds is 3. The average molecular weight is 306 g/mol. The van der Waals surface area contributed by atoms with Gasteiger partial charge in [0.15, 0.2) is 0 Å². The molecule has 1 amide bonds. The highest BCUT2D eigenvalue weighted by Gasteiger charge is 2.35. The fraction of sp³-hybridized carbons (Fsp3) is 0.471. The van der Waals surface area contributed by atoms with Gasteiger partial charge in [0.05, 0.1) is 0 Å². The highest BCUT2D eigenvalue weighted by molar-refractivity contribution is 6.30. The van der Waals surface area contributed by atoms with Crippen LogP contribution in [0.4, 0.5) is 0 Å². The van der Waals surface area contributed by atoms with Crippen molar-refractivity contribution in [2.45, 2.75) is 26.2 Å². The number of hydrogen-bond acceptors (Lipinski definition) is 2. The summed E-state index contributed by atoms with van der Waals surface area (Å²) in [6.45, 7) is 3.11. The number of hydrogen-bond donors (Lipinski definition) is 1. The van der Waals surface area contributed by atoms with Gasteiger partial charge in [0, 0.05) is 30.1 Å². The topological polar surface area (TPSA) is 40.5 Å². The van der Waals surface area contributed by atoms with Crippen molar-refractivity contribution >= 4 is 17.5 Å². The van der Waals surface area contributed by atoms with Gasteiger partial charge in [-0.3, -0.25) is 4.79 Å². The Bertz CT molecular complexity index is 548. The van der Waals surface area contributed by atoms with Crippen LogP contribution in [-0.2, 0) is 11.2 Å². The molecule has 0 unspecified atom stereocenters. The normalized spacial score (nSPS) is 17.0. The molecule has 1 aromatic carbocycles. The first-order valence-electron chi connectivity index (χ1n) is 7.15. The number of nitrogens with zero attached hydrogens (tertiary/aromatic N) is 1. The minimum atomic E-state index is -0.149. The van der Waals surface area contributed by atoms with E-state index >= 15 is 0 Å². The molecule has 3 nitrogen and oxygen atoms in total. The Morgan fingerprint density at radius 2 is 1.95 bits per heavy atom. The molecule has 0 radical (unpaired) electrons. The lowest BCUT2D eigenvalue weighted by Crippen LogP contribution is -2.45. The molecular formula is C17H20ClNO2. The number of benzene rings is 1. The van der Waals surface area contributed by atoms with Gasteiger partial charge in [0.1, 0.15) is 0 Å². The van der Waals surface area contributed by atoms with Crippen LogP contribution in [0.2, 0.25) is 5.02 Å². The molecule has 0 aliphatic carbocycles. The Labute approximate surface area is 130 Å². The predicted octanol–water partition coefficient (Wildman–Crippen LogP) is 2.51. The van der Waals surface area contributed by atoms with Crippen LogP contribution in [0.5, 0.6) is 0 Å². The second-order valence-corrected chi connectivity index (χ2v) is 6.06. The smallest absolute Gasteiger partial charge is 0.298 e. The Kier molecular flexibility index (Phi) is 5.27.